The number of aromatic nitrogens is 4. The Morgan fingerprint density at radius 2 is 1.72 bits per heavy atom. The van der Waals surface area contributed by atoms with Gasteiger partial charge in [-0.1, -0.05) is 36.4 Å². The molecule has 118 valence electrons. The van der Waals surface area contributed by atoms with Gasteiger partial charge < -0.3 is 5.73 Å². The van der Waals surface area contributed by atoms with Crippen molar-refractivity contribution >= 4 is 16.9 Å². The molecule has 2 heterocycles. The molecule has 25 heavy (non-hydrogen) atoms. The zero-order valence-corrected chi connectivity index (χ0v) is 13.1. The molecule has 0 atom stereocenters. The first-order chi connectivity index (χ1) is 12.3. The normalized spacial score (nSPS) is 10.5. The largest absolute Gasteiger partial charge is 0.366 e. The van der Waals surface area contributed by atoms with Crippen molar-refractivity contribution in [3.8, 4) is 28.6 Å². The lowest BCUT2D eigenvalue weighted by atomic mass is 10.00. The van der Waals surface area contributed by atoms with Crippen molar-refractivity contribution in [2.45, 2.75) is 0 Å². The van der Waals surface area contributed by atoms with Gasteiger partial charge in [0, 0.05) is 22.7 Å². The number of fused-ring (bicyclic) bond motifs is 1. The Bertz CT molecular complexity index is 1120. The summed E-state index contributed by atoms with van der Waals surface area (Å²) in [5.74, 6) is 0.102. The molecular formula is C19H12N6. The topological polar surface area (TPSA) is 101 Å². The summed E-state index contributed by atoms with van der Waals surface area (Å²) < 4.78 is 0. The van der Waals surface area contributed by atoms with E-state index in [4.69, 9.17) is 5.73 Å². The molecule has 4 aromatic rings. The molecule has 0 aliphatic rings. The average molecular weight is 324 g/mol. The van der Waals surface area contributed by atoms with Crippen LogP contribution in [0.4, 0.5) is 5.95 Å². The zero-order valence-electron chi connectivity index (χ0n) is 13.1. The zero-order chi connectivity index (χ0) is 17.2. The summed E-state index contributed by atoms with van der Waals surface area (Å²) in [5.41, 5.74) is 9.70. The minimum atomic E-state index is 0.102. The molecule has 2 N–H and O–H groups in total. The summed E-state index contributed by atoms with van der Waals surface area (Å²) in [6, 6.07) is 19.2. The highest BCUT2D eigenvalue weighted by molar-refractivity contribution is 5.91. The van der Waals surface area contributed by atoms with Crippen LogP contribution in [0.5, 0.6) is 0 Å². The molecule has 0 unspecified atom stereocenters. The molecule has 0 saturated heterocycles. The highest BCUT2D eigenvalue weighted by atomic mass is 15.2. The quantitative estimate of drug-likeness (QED) is 0.607. The summed E-state index contributed by atoms with van der Waals surface area (Å²) in [4.78, 5) is 8.65. The molecule has 2 aromatic heterocycles. The average Bonchev–Trinajstić information content (AvgIpc) is 2.67. The number of nitrogens with two attached hydrogens (primary N) is 1. The van der Waals surface area contributed by atoms with Crippen LogP contribution in [0.15, 0.2) is 60.8 Å². The Morgan fingerprint density at radius 1 is 0.880 bits per heavy atom. The maximum atomic E-state index is 9.48. The number of nitrogens with zero attached hydrogens (tertiary/aromatic N) is 5. The first kappa shape index (κ1) is 14.7. The van der Waals surface area contributed by atoms with Crippen molar-refractivity contribution in [2.75, 3.05) is 5.73 Å². The van der Waals surface area contributed by atoms with E-state index in [1.54, 1.807) is 12.3 Å². The Balaban J connectivity index is 2.00. The van der Waals surface area contributed by atoms with E-state index in [0.29, 0.717) is 22.5 Å². The molecule has 0 radical (unpaired) electrons. The summed E-state index contributed by atoms with van der Waals surface area (Å²) >= 11 is 0. The predicted octanol–water partition coefficient (Wildman–Crippen LogP) is 3.21. The first-order valence-corrected chi connectivity index (χ1v) is 7.61. The van der Waals surface area contributed by atoms with Gasteiger partial charge in [-0.15, -0.1) is 10.2 Å². The van der Waals surface area contributed by atoms with Crippen LogP contribution in [0, 0.1) is 11.3 Å². The molecule has 0 spiro atoms. The molecule has 0 bridgehead atoms. The molecule has 0 saturated carbocycles. The molecule has 0 aliphatic heterocycles. The van der Waals surface area contributed by atoms with E-state index >= 15 is 0 Å². The molecule has 4 rings (SSSR count). The van der Waals surface area contributed by atoms with Crippen LogP contribution in [0.2, 0.25) is 0 Å². The summed E-state index contributed by atoms with van der Waals surface area (Å²) in [6.07, 6.45) is 1.67. The minimum Gasteiger partial charge on any atom is -0.366 e. The number of nitrogen functional groups attached to an aromatic ring is 1. The third-order valence-corrected chi connectivity index (χ3v) is 3.85. The van der Waals surface area contributed by atoms with Gasteiger partial charge in [-0.3, -0.25) is 4.98 Å². The number of pyridine rings is 1. The number of nitriles is 1. The Hall–Kier alpha value is -3.85. The summed E-state index contributed by atoms with van der Waals surface area (Å²) in [6.45, 7) is 0. The lowest BCUT2D eigenvalue weighted by Crippen LogP contribution is -2.02. The lowest BCUT2D eigenvalue weighted by molar-refractivity contribution is 0.997. The molecular weight excluding hydrogens is 312 g/mol. The fraction of sp³-hybridized carbons (Fsp3) is 0. The molecule has 0 aliphatic carbocycles. The van der Waals surface area contributed by atoms with Crippen LogP contribution in [-0.4, -0.2) is 20.2 Å². The third kappa shape index (κ3) is 2.64. The van der Waals surface area contributed by atoms with Gasteiger partial charge in [0.2, 0.25) is 5.95 Å². The Kier molecular flexibility index (Phi) is 3.52. The van der Waals surface area contributed by atoms with E-state index in [9.17, 15) is 5.26 Å². The summed E-state index contributed by atoms with van der Waals surface area (Å²) in [5, 5.41) is 18.5. The van der Waals surface area contributed by atoms with Crippen LogP contribution >= 0.6 is 0 Å². The highest BCUT2D eigenvalue weighted by Gasteiger charge is 2.15. The van der Waals surface area contributed by atoms with Crippen LogP contribution in [-0.2, 0) is 0 Å². The van der Waals surface area contributed by atoms with Gasteiger partial charge in [-0.25, -0.2) is 4.98 Å². The number of rotatable bonds is 2. The SMILES string of the molecule is N#Cc1cc(-c2nnc(N)nc2-c2ccccc2)cc2cccnc12. The first-order valence-electron chi connectivity index (χ1n) is 7.61. The van der Waals surface area contributed by atoms with Crippen LogP contribution in [0.25, 0.3) is 33.4 Å². The van der Waals surface area contributed by atoms with E-state index in [-0.39, 0.29) is 5.95 Å². The van der Waals surface area contributed by atoms with Crippen LogP contribution in [0.3, 0.4) is 0 Å². The van der Waals surface area contributed by atoms with Gasteiger partial charge in [-0.05, 0) is 18.2 Å². The standard InChI is InChI=1S/C19H12N6/c20-11-15-10-14(9-13-7-4-8-22-16(13)15)18-17(23-19(21)25-24-18)12-5-2-1-3-6-12/h1-10H,(H2,21,23,25). The van der Waals surface area contributed by atoms with E-state index in [0.717, 1.165) is 16.5 Å². The molecule has 0 amide bonds. The van der Waals surface area contributed by atoms with Gasteiger partial charge >= 0.3 is 0 Å². The Morgan fingerprint density at radius 3 is 2.52 bits per heavy atom. The number of hydrogen-bond acceptors (Lipinski definition) is 6. The van der Waals surface area contributed by atoms with Gasteiger partial charge in [0.15, 0.2) is 0 Å². The smallest absolute Gasteiger partial charge is 0.240 e. The molecule has 0 fully saturated rings. The second kappa shape index (κ2) is 5.98. The van der Waals surface area contributed by atoms with Gasteiger partial charge in [0.25, 0.3) is 0 Å². The minimum absolute atomic E-state index is 0.102. The fourth-order valence-corrected chi connectivity index (χ4v) is 2.74. The van der Waals surface area contributed by atoms with Crippen molar-refractivity contribution in [1.82, 2.24) is 20.2 Å². The predicted molar refractivity (Wildman–Crippen MR) is 95.1 cm³/mol. The van der Waals surface area contributed by atoms with E-state index in [1.165, 1.54) is 0 Å². The Labute approximate surface area is 143 Å². The molecule has 6 heteroatoms. The number of hydrogen-bond donors (Lipinski definition) is 1. The maximum Gasteiger partial charge on any atom is 0.240 e. The van der Waals surface area contributed by atoms with Crippen molar-refractivity contribution in [3.05, 3.63) is 66.4 Å². The molecule has 6 nitrogen and oxygen atoms in total. The second-order valence-corrected chi connectivity index (χ2v) is 5.44. The number of anilines is 1. The van der Waals surface area contributed by atoms with Crippen molar-refractivity contribution in [2.24, 2.45) is 0 Å². The van der Waals surface area contributed by atoms with Crippen molar-refractivity contribution in [3.63, 3.8) is 0 Å². The highest BCUT2D eigenvalue weighted by Crippen LogP contribution is 2.31. The monoisotopic (exact) mass is 324 g/mol. The van der Waals surface area contributed by atoms with Crippen LogP contribution < -0.4 is 5.73 Å². The number of benzene rings is 2. The van der Waals surface area contributed by atoms with Gasteiger partial charge in [-0.2, -0.15) is 5.26 Å². The van der Waals surface area contributed by atoms with E-state index < -0.39 is 0 Å². The van der Waals surface area contributed by atoms with E-state index in [1.807, 2.05) is 48.5 Å². The van der Waals surface area contributed by atoms with Crippen LogP contribution in [0.1, 0.15) is 5.56 Å². The molecule has 2 aromatic carbocycles. The van der Waals surface area contributed by atoms with Gasteiger partial charge in [0.1, 0.15) is 17.5 Å². The van der Waals surface area contributed by atoms with Gasteiger partial charge in [0.05, 0.1) is 11.1 Å². The maximum absolute atomic E-state index is 9.48. The van der Waals surface area contributed by atoms with Crippen molar-refractivity contribution < 1.29 is 0 Å². The second-order valence-electron chi connectivity index (χ2n) is 5.44. The van der Waals surface area contributed by atoms with Crippen molar-refractivity contribution in [1.29, 1.82) is 5.26 Å². The van der Waals surface area contributed by atoms with E-state index in [2.05, 4.69) is 26.2 Å². The summed E-state index contributed by atoms with van der Waals surface area (Å²) in [7, 11) is 0. The lowest BCUT2D eigenvalue weighted by Gasteiger charge is -2.09. The fourth-order valence-electron chi connectivity index (χ4n) is 2.74. The third-order valence-electron chi connectivity index (χ3n) is 3.85.